The lowest BCUT2D eigenvalue weighted by Gasteiger charge is -2.08. The Morgan fingerprint density at radius 3 is 3.07 bits per heavy atom. The molecule has 0 unspecified atom stereocenters. The first kappa shape index (κ1) is 9.45. The minimum absolute atomic E-state index is 0.526. The molecule has 0 amide bonds. The quantitative estimate of drug-likeness (QED) is 0.311. The zero-order valence-corrected chi connectivity index (χ0v) is 8.63. The van der Waals surface area contributed by atoms with Crippen LogP contribution in [0.3, 0.4) is 0 Å². The van der Waals surface area contributed by atoms with E-state index in [1.165, 1.54) is 0 Å². The maximum absolute atomic E-state index is 8.35. The van der Waals surface area contributed by atoms with E-state index in [0.717, 1.165) is 28.2 Å². The Kier molecular flexibility index (Phi) is 3.33. The average Bonchev–Trinajstić information content (AvgIpc) is 2.23. The van der Waals surface area contributed by atoms with Crippen LogP contribution in [0, 0.1) is 12.4 Å². The number of nitrogens with one attached hydrogen (secondary N) is 2. The van der Waals surface area contributed by atoms with E-state index in [9.17, 15) is 0 Å². The van der Waals surface area contributed by atoms with E-state index >= 15 is 0 Å². The van der Waals surface area contributed by atoms with Gasteiger partial charge in [-0.25, -0.2) is 10.8 Å². The predicted molar refractivity (Wildman–Crippen MR) is 55.1 cm³/mol. The maximum Gasteiger partial charge on any atom is 0.214 e. The molecule has 0 aliphatic rings. The minimum Gasteiger partial charge on any atom is -0.386 e. The van der Waals surface area contributed by atoms with Crippen LogP contribution in [0.2, 0.25) is 1.41 Å². The van der Waals surface area contributed by atoms with Crippen LogP contribution >= 0.6 is 12.0 Å². The van der Waals surface area contributed by atoms with Crippen LogP contribution in [0.1, 0.15) is 5.56 Å². The highest BCUT2D eigenvalue weighted by Gasteiger charge is 2.06. The molecule has 0 aliphatic heterocycles. The number of benzene rings is 1. The molecule has 0 aliphatic carbocycles. The van der Waals surface area contributed by atoms with Gasteiger partial charge in [0.05, 0.1) is 17.7 Å². The summed E-state index contributed by atoms with van der Waals surface area (Å²) in [4.78, 5) is 0.721. The van der Waals surface area contributed by atoms with Gasteiger partial charge in [0.2, 0.25) is 1.41 Å². The Morgan fingerprint density at radius 1 is 1.71 bits per heavy atom. The standard InChI is InChI=1S/C8H11N3O2S/c1-5-3-6(10-2)7(11-9)4-8(5)14-13-12/h3-4,9-10,12H,1-2H3/i/hD. The van der Waals surface area contributed by atoms with Gasteiger partial charge in [-0.2, -0.15) is 9.45 Å². The van der Waals surface area contributed by atoms with Gasteiger partial charge in [0.1, 0.15) is 5.69 Å². The van der Waals surface area contributed by atoms with Crippen LogP contribution in [0.15, 0.2) is 22.1 Å². The molecule has 0 aromatic heterocycles. The van der Waals surface area contributed by atoms with E-state index in [1.807, 2.05) is 13.0 Å². The van der Waals surface area contributed by atoms with E-state index in [2.05, 4.69) is 20.3 Å². The zero-order valence-electron chi connectivity index (χ0n) is 8.81. The third-order valence-electron chi connectivity index (χ3n) is 1.80. The van der Waals surface area contributed by atoms with Gasteiger partial charge < -0.3 is 5.32 Å². The summed E-state index contributed by atoms with van der Waals surface area (Å²) >= 11 is 0.826. The maximum atomic E-state index is 8.35. The molecule has 5 nitrogen and oxygen atoms in total. The predicted octanol–water partition coefficient (Wildman–Crippen LogP) is 3.20. The highest BCUT2D eigenvalue weighted by Crippen LogP contribution is 2.33. The van der Waals surface area contributed by atoms with Crippen LogP contribution < -0.4 is 5.32 Å². The summed E-state index contributed by atoms with van der Waals surface area (Å²) in [6, 6.07) is 3.52. The molecule has 76 valence electrons. The third kappa shape index (κ3) is 2.22. The van der Waals surface area contributed by atoms with Crippen molar-refractivity contribution < 1.29 is 11.0 Å². The van der Waals surface area contributed by atoms with Crippen molar-refractivity contribution in [3.8, 4) is 0 Å². The second kappa shape index (κ2) is 4.94. The van der Waals surface area contributed by atoms with Crippen LogP contribution in [0.5, 0.6) is 0 Å². The fraction of sp³-hybridized carbons (Fsp3) is 0.250. The first-order chi connectivity index (χ1) is 7.22. The van der Waals surface area contributed by atoms with Crippen molar-refractivity contribution in [2.75, 3.05) is 12.4 Å². The SMILES string of the molecule is [2H]N=Nc1cc(SOO)c(C)cc1NC. The Morgan fingerprint density at radius 2 is 2.50 bits per heavy atom. The number of aryl methyl sites for hydroxylation is 1. The highest BCUT2D eigenvalue weighted by atomic mass is 32.2. The van der Waals surface area contributed by atoms with Crippen molar-refractivity contribution in [2.45, 2.75) is 11.8 Å². The van der Waals surface area contributed by atoms with Crippen LogP contribution in [-0.4, -0.2) is 12.3 Å². The molecule has 0 saturated carbocycles. The summed E-state index contributed by atoms with van der Waals surface area (Å²) in [5, 5.41) is 14.9. The summed E-state index contributed by atoms with van der Waals surface area (Å²) in [5.74, 6) is 0. The Labute approximate surface area is 87.6 Å². The normalized spacial score (nSPS) is 11.8. The molecule has 6 heteroatoms. The number of rotatable bonds is 4. The van der Waals surface area contributed by atoms with Gasteiger partial charge in [-0.3, -0.25) is 0 Å². The summed E-state index contributed by atoms with van der Waals surface area (Å²) < 4.78 is 10.7. The van der Waals surface area contributed by atoms with Gasteiger partial charge in [-0.15, -0.1) is 0 Å². The summed E-state index contributed by atoms with van der Waals surface area (Å²) in [6.07, 6.45) is 0. The number of anilines is 1. The molecule has 1 aromatic rings. The zero-order chi connectivity index (χ0) is 11.3. The average molecular weight is 214 g/mol. The second-order valence-corrected chi connectivity index (χ2v) is 3.40. The molecule has 0 saturated heterocycles. The van der Waals surface area contributed by atoms with Crippen LogP contribution in [-0.2, 0) is 4.33 Å². The van der Waals surface area contributed by atoms with Gasteiger partial charge in [-0.1, -0.05) is 0 Å². The Bertz CT molecular complexity index is 373. The lowest BCUT2D eigenvalue weighted by Crippen LogP contribution is -1.91. The van der Waals surface area contributed by atoms with E-state index in [-0.39, 0.29) is 0 Å². The van der Waals surface area contributed by atoms with E-state index in [4.69, 9.17) is 6.67 Å². The summed E-state index contributed by atoms with van der Waals surface area (Å²) in [5.41, 5.74) is 5.20. The van der Waals surface area contributed by atoms with Crippen molar-refractivity contribution in [3.63, 3.8) is 0 Å². The van der Waals surface area contributed by atoms with Gasteiger partial charge >= 0.3 is 0 Å². The van der Waals surface area contributed by atoms with Crippen molar-refractivity contribution in [3.05, 3.63) is 17.7 Å². The third-order valence-corrected chi connectivity index (χ3v) is 2.49. The highest BCUT2D eigenvalue weighted by molar-refractivity contribution is 7.94. The molecule has 0 atom stereocenters. The van der Waals surface area contributed by atoms with Gasteiger partial charge in [0, 0.05) is 11.9 Å². The van der Waals surface area contributed by atoms with E-state index < -0.39 is 0 Å². The molecule has 1 aromatic carbocycles. The van der Waals surface area contributed by atoms with Crippen LogP contribution in [0.25, 0.3) is 0 Å². The van der Waals surface area contributed by atoms with Gasteiger partial charge in [0.15, 0.2) is 0 Å². The largest absolute Gasteiger partial charge is 0.386 e. The van der Waals surface area contributed by atoms with Gasteiger partial charge in [-0.05, 0) is 24.6 Å². The van der Waals surface area contributed by atoms with Crippen molar-refractivity contribution in [1.82, 2.24) is 0 Å². The fourth-order valence-corrected chi connectivity index (χ4v) is 1.52. The monoisotopic (exact) mass is 214 g/mol. The molecule has 3 N–H and O–H groups in total. The molecule has 14 heavy (non-hydrogen) atoms. The van der Waals surface area contributed by atoms with Crippen molar-refractivity contribution >= 4 is 23.4 Å². The molecule has 0 radical (unpaired) electrons. The molecule has 1 rings (SSSR count). The van der Waals surface area contributed by atoms with Crippen molar-refractivity contribution in [2.24, 2.45) is 5.11 Å². The van der Waals surface area contributed by atoms with Gasteiger partial charge in [0.25, 0.3) is 0 Å². The molecule has 0 fully saturated rings. The Balaban J connectivity index is 3.17. The molecule has 0 spiro atoms. The number of hydrogen-bond donors (Lipinski definition) is 3. The molecule has 0 bridgehead atoms. The summed E-state index contributed by atoms with van der Waals surface area (Å²) in [7, 11) is 1.76. The first-order valence-corrected chi connectivity index (χ1v) is 4.62. The van der Waals surface area contributed by atoms with E-state index in [1.54, 1.807) is 13.1 Å². The smallest absolute Gasteiger partial charge is 0.214 e. The lowest BCUT2D eigenvalue weighted by atomic mass is 10.2. The second-order valence-electron chi connectivity index (χ2n) is 2.64. The molecular formula is C8H11N3O2S. The fourth-order valence-electron chi connectivity index (χ4n) is 1.09. The Hall–Kier alpha value is -1.11. The topological polar surface area (TPSA) is 77.7 Å². The minimum atomic E-state index is 0.526. The summed E-state index contributed by atoms with van der Waals surface area (Å²) in [6.45, 7) is 1.88. The first-order valence-electron chi connectivity index (χ1n) is 4.33. The molecular weight excluding hydrogens is 202 g/mol. The number of nitrogens with zero attached hydrogens (tertiary/aromatic N) is 1. The number of hydrogen-bond acceptors (Lipinski definition) is 6. The van der Waals surface area contributed by atoms with Crippen LogP contribution in [0.4, 0.5) is 11.4 Å². The lowest BCUT2D eigenvalue weighted by molar-refractivity contribution is -0.116. The van der Waals surface area contributed by atoms with Crippen molar-refractivity contribution in [1.29, 1.82) is 5.52 Å². The molecule has 0 heterocycles. The van der Waals surface area contributed by atoms with E-state index in [0.29, 0.717) is 5.69 Å².